The van der Waals surface area contributed by atoms with Gasteiger partial charge in [0.25, 0.3) is 0 Å². The maximum Gasteiger partial charge on any atom is 0 e. The van der Waals surface area contributed by atoms with Crippen molar-refractivity contribution in [3.8, 4) is 0 Å². The van der Waals surface area contributed by atoms with E-state index in [1.807, 2.05) is 0 Å². The molecule has 0 aliphatic carbocycles. The first-order valence-electron chi connectivity index (χ1n) is 11.6. The van der Waals surface area contributed by atoms with Crippen molar-refractivity contribution in [2.45, 2.75) is 90.9 Å². The van der Waals surface area contributed by atoms with E-state index in [0.29, 0.717) is 0 Å². The average Bonchev–Trinajstić information content (AvgIpc) is 3.26. The minimum absolute atomic E-state index is 0. The predicted octanol–water partition coefficient (Wildman–Crippen LogP) is 6.33. The van der Waals surface area contributed by atoms with E-state index in [-0.39, 0.29) is 32.9 Å². The second kappa shape index (κ2) is 12.0. The molecular weight excluding hydrogens is 454 g/mol. The molecule has 3 heteroatoms. The van der Waals surface area contributed by atoms with Gasteiger partial charge in [0.1, 0.15) is 0 Å². The van der Waals surface area contributed by atoms with Gasteiger partial charge in [0.15, 0.2) is 0 Å². The van der Waals surface area contributed by atoms with Crippen LogP contribution in [0.25, 0.3) is 0 Å². The topological polar surface area (TPSA) is 0 Å². The summed E-state index contributed by atoms with van der Waals surface area (Å²) < 4.78 is 0. The van der Waals surface area contributed by atoms with Crippen molar-refractivity contribution in [3.05, 3.63) is 48.5 Å². The summed E-state index contributed by atoms with van der Waals surface area (Å²) in [7, 11) is -0.0705. The van der Waals surface area contributed by atoms with Crippen LogP contribution in [0.2, 0.25) is 0 Å². The maximum absolute atomic E-state index is 3.20. The first-order chi connectivity index (χ1) is 14.2. The molecule has 0 spiro atoms. The van der Waals surface area contributed by atoms with Crippen molar-refractivity contribution in [2.75, 3.05) is 0 Å². The summed E-state index contributed by atoms with van der Waals surface area (Å²) in [4.78, 5) is 0. The van der Waals surface area contributed by atoms with Crippen molar-refractivity contribution in [3.63, 3.8) is 0 Å². The fraction of sp³-hybridized carbons (Fsp3) is 0.643. The van der Waals surface area contributed by atoms with E-state index in [1.165, 1.54) is 23.5 Å². The van der Waals surface area contributed by atoms with E-state index >= 15 is 0 Å². The third-order valence-corrected chi connectivity index (χ3v) is 14.4. The zero-order valence-electron chi connectivity index (χ0n) is 20.3. The molecule has 0 aromatic heterocycles. The van der Waals surface area contributed by atoms with Gasteiger partial charge in [-0.1, -0.05) is 55.4 Å². The molecule has 0 amide bonds. The Hall–Kier alpha value is 0.0795. The molecule has 2 fully saturated rings. The molecule has 2 aliphatic heterocycles. The van der Waals surface area contributed by atoms with Crippen molar-refractivity contribution < 1.29 is 17.1 Å². The summed E-state index contributed by atoms with van der Waals surface area (Å²) in [6.45, 7) is 18.7. The second-order valence-corrected chi connectivity index (χ2v) is 15.4. The van der Waals surface area contributed by atoms with Crippen LogP contribution in [0.1, 0.15) is 68.2 Å². The van der Waals surface area contributed by atoms with E-state index in [1.54, 1.807) is 0 Å². The molecule has 2 aromatic rings. The van der Waals surface area contributed by atoms with Crippen molar-refractivity contribution >= 4 is 26.5 Å². The largest absolute Gasteiger partial charge is 0.998 e. The van der Waals surface area contributed by atoms with Crippen LogP contribution in [-0.2, 0) is 17.1 Å². The minimum Gasteiger partial charge on any atom is -0.998 e. The quantitative estimate of drug-likeness (QED) is 0.252. The van der Waals surface area contributed by atoms with Gasteiger partial charge in [-0.25, -0.2) is 0 Å². The molecule has 2 aliphatic rings. The molecule has 0 nitrogen and oxygen atoms in total. The molecule has 0 radical (unpaired) electrons. The zero-order valence-corrected chi connectivity index (χ0v) is 23.2. The smallest absolute Gasteiger partial charge is 0 e. The van der Waals surface area contributed by atoms with Crippen LogP contribution < -0.4 is 10.6 Å². The summed E-state index contributed by atoms with van der Waals surface area (Å²) in [6.07, 6.45) is 2.79. The molecule has 176 valence electrons. The van der Waals surface area contributed by atoms with Crippen LogP contribution in [-0.4, -0.2) is 22.6 Å². The number of hydrogen-bond donors (Lipinski definition) is 0. The SMILES string of the molecule is CC(C)[C@@H]1C[C@@H](C(C)C)P1[c-]1[c-][c-][c-][c-]1.CC(C)[C@@H]1C[C@@H](C(C)C)P1[c-]1[c-][c-][c-][c-]1.[Fe]. The standard InChI is InChI=1S/2C14H18P.Fe/c2*1-10(2)13-9-14(11(3)4)15(13)12-7-5-6-8-12;/h2*10-11,13-14H,9H2,1-4H3;/q2*-5;/t2*13-,14-;/m00./s1. The van der Waals surface area contributed by atoms with Crippen LogP contribution in [0.15, 0.2) is 0 Å². The Kier molecular flexibility index (Phi) is 10.6. The first-order valence-corrected chi connectivity index (χ1v) is 14.5. The van der Waals surface area contributed by atoms with E-state index in [2.05, 4.69) is 104 Å². The van der Waals surface area contributed by atoms with Gasteiger partial charge in [0.05, 0.1) is 0 Å². The molecule has 2 saturated heterocycles. The van der Waals surface area contributed by atoms with Crippen molar-refractivity contribution in [1.82, 2.24) is 0 Å². The molecule has 31 heavy (non-hydrogen) atoms. The average molecular weight is 490 g/mol. The molecule has 2 aromatic carbocycles. The minimum atomic E-state index is -0.0352. The summed E-state index contributed by atoms with van der Waals surface area (Å²) in [6, 6.07) is 24.4. The van der Waals surface area contributed by atoms with Gasteiger partial charge in [-0.3, -0.25) is 0 Å². The third-order valence-electron chi connectivity index (χ3n) is 6.84. The molecule has 4 atom stereocenters. The Bertz CT molecular complexity index is 637. The molecule has 2 heterocycles. The van der Waals surface area contributed by atoms with Crippen LogP contribution in [0.3, 0.4) is 0 Å². The number of hydrogen-bond acceptors (Lipinski definition) is 0. The molecular formula is C28H36FeP2-10. The normalized spacial score (nSPS) is 26.5. The Morgan fingerprint density at radius 2 is 0.742 bits per heavy atom. The molecule has 0 N–H and O–H groups in total. The van der Waals surface area contributed by atoms with Crippen molar-refractivity contribution in [2.24, 2.45) is 23.7 Å². The van der Waals surface area contributed by atoms with Crippen LogP contribution >= 0.6 is 15.8 Å². The summed E-state index contributed by atoms with van der Waals surface area (Å²) >= 11 is 0. The van der Waals surface area contributed by atoms with Crippen molar-refractivity contribution in [1.29, 1.82) is 0 Å². The van der Waals surface area contributed by atoms with Gasteiger partial charge in [0.2, 0.25) is 0 Å². The summed E-state index contributed by atoms with van der Waals surface area (Å²) in [5.41, 5.74) is 3.52. The maximum atomic E-state index is 3.20. The van der Waals surface area contributed by atoms with E-state index in [4.69, 9.17) is 0 Å². The molecule has 0 saturated carbocycles. The van der Waals surface area contributed by atoms with Gasteiger partial charge in [0, 0.05) is 17.1 Å². The van der Waals surface area contributed by atoms with E-state index < -0.39 is 0 Å². The first kappa shape index (κ1) is 27.3. The number of rotatable bonds is 6. The Morgan fingerprint density at radius 1 is 0.516 bits per heavy atom. The van der Waals surface area contributed by atoms with Gasteiger partial charge in [-0.2, -0.15) is 0 Å². The molecule has 4 rings (SSSR count). The Balaban J connectivity index is 0.000000213. The van der Waals surface area contributed by atoms with Gasteiger partial charge in [-0.05, 0) is 59.1 Å². The van der Waals surface area contributed by atoms with Gasteiger partial charge < -0.3 is 75.0 Å². The van der Waals surface area contributed by atoms with Gasteiger partial charge >= 0.3 is 0 Å². The van der Waals surface area contributed by atoms with E-state index in [0.717, 1.165) is 46.3 Å². The molecule has 0 unspecified atom stereocenters. The van der Waals surface area contributed by atoms with Crippen LogP contribution in [0.4, 0.5) is 0 Å². The fourth-order valence-electron chi connectivity index (χ4n) is 4.88. The Labute approximate surface area is 206 Å². The van der Waals surface area contributed by atoms with Crippen LogP contribution in [0.5, 0.6) is 0 Å². The second-order valence-electron chi connectivity index (χ2n) is 10.2. The summed E-state index contributed by atoms with van der Waals surface area (Å²) in [5.74, 6) is 3.18. The zero-order chi connectivity index (χ0) is 22.0. The molecule has 0 bridgehead atoms. The van der Waals surface area contributed by atoms with Gasteiger partial charge in [-0.15, -0.1) is 0 Å². The predicted molar refractivity (Wildman–Crippen MR) is 132 cm³/mol. The monoisotopic (exact) mass is 490 g/mol. The summed E-state index contributed by atoms with van der Waals surface area (Å²) in [5, 5.41) is 2.57. The fourth-order valence-corrected chi connectivity index (χ4v) is 11.5. The van der Waals surface area contributed by atoms with E-state index in [9.17, 15) is 0 Å². The Morgan fingerprint density at radius 3 is 0.935 bits per heavy atom. The van der Waals surface area contributed by atoms with Crippen LogP contribution in [0, 0.1) is 72.2 Å². The third kappa shape index (κ3) is 6.15.